The number of likely N-dealkylation sites (N-methyl/N-ethyl adjacent to an activating group) is 1. The third-order valence-corrected chi connectivity index (χ3v) is 6.68. The average Bonchev–Trinajstić information content (AvgIpc) is 3.10. The molecule has 34 heavy (non-hydrogen) atoms. The molecule has 1 saturated heterocycles. The number of benzene rings is 2. The van der Waals surface area contributed by atoms with Gasteiger partial charge in [0, 0.05) is 54.4 Å². The zero-order chi connectivity index (χ0) is 24.2. The first-order chi connectivity index (χ1) is 16.4. The van der Waals surface area contributed by atoms with Crippen molar-refractivity contribution in [3.05, 3.63) is 64.3 Å². The third kappa shape index (κ3) is 5.27. The van der Waals surface area contributed by atoms with Crippen LogP contribution in [0.2, 0.25) is 5.02 Å². The van der Waals surface area contributed by atoms with E-state index in [0.29, 0.717) is 28.6 Å². The van der Waals surface area contributed by atoms with E-state index in [2.05, 4.69) is 16.8 Å². The predicted octanol–water partition coefficient (Wildman–Crippen LogP) is 3.63. The molecule has 1 fully saturated rings. The minimum absolute atomic E-state index is 0.0825. The van der Waals surface area contributed by atoms with E-state index in [-0.39, 0.29) is 18.3 Å². The Bertz CT molecular complexity index is 1180. The Kier molecular flexibility index (Phi) is 7.56. The fourth-order valence-corrected chi connectivity index (χ4v) is 4.48. The molecule has 8 heteroatoms. The number of esters is 1. The van der Waals surface area contributed by atoms with E-state index in [1.165, 1.54) is 0 Å². The maximum atomic E-state index is 13.4. The smallest absolute Gasteiger partial charge is 0.310 e. The molecule has 0 radical (unpaired) electrons. The zero-order valence-corrected chi connectivity index (χ0v) is 20.6. The van der Waals surface area contributed by atoms with Gasteiger partial charge in [0.1, 0.15) is 12.4 Å². The number of hydrogen-bond acceptors (Lipinski definition) is 6. The molecule has 1 aliphatic rings. The van der Waals surface area contributed by atoms with Gasteiger partial charge in [0.15, 0.2) is 0 Å². The van der Waals surface area contributed by atoms with Gasteiger partial charge in [0.05, 0.1) is 19.0 Å². The Labute approximate surface area is 204 Å². The van der Waals surface area contributed by atoms with Crippen LogP contribution in [0, 0.1) is 6.92 Å². The summed E-state index contributed by atoms with van der Waals surface area (Å²) >= 11 is 5.99. The maximum absolute atomic E-state index is 13.4. The van der Waals surface area contributed by atoms with Gasteiger partial charge in [-0.2, -0.15) is 0 Å². The van der Waals surface area contributed by atoms with Crippen LogP contribution in [0.1, 0.15) is 21.6 Å². The van der Waals surface area contributed by atoms with E-state index < -0.39 is 0 Å². The standard InChI is InChI=1S/C26H30ClN3O4/c1-18-22(17-25(31)34-15-14-29-12-10-28(2)11-13-29)23-16-21(33-3)8-9-24(23)30(18)26(32)19-4-6-20(27)7-5-19/h4-9,16H,10-15,17H2,1-3H3. The van der Waals surface area contributed by atoms with Crippen molar-refractivity contribution in [2.75, 3.05) is 53.5 Å². The first kappa shape index (κ1) is 24.3. The molecule has 3 aromatic rings. The summed E-state index contributed by atoms with van der Waals surface area (Å²) < 4.78 is 12.6. The largest absolute Gasteiger partial charge is 0.497 e. The second-order valence-corrected chi connectivity index (χ2v) is 9.07. The molecule has 2 heterocycles. The van der Waals surface area contributed by atoms with Gasteiger partial charge in [0.25, 0.3) is 5.91 Å². The van der Waals surface area contributed by atoms with Crippen molar-refractivity contribution in [2.24, 2.45) is 0 Å². The second-order valence-electron chi connectivity index (χ2n) is 8.64. The highest BCUT2D eigenvalue weighted by Crippen LogP contribution is 2.31. The molecule has 0 aliphatic carbocycles. The number of aromatic nitrogens is 1. The zero-order valence-electron chi connectivity index (χ0n) is 19.8. The van der Waals surface area contributed by atoms with Gasteiger partial charge < -0.3 is 14.4 Å². The summed E-state index contributed by atoms with van der Waals surface area (Å²) in [5.41, 5.74) is 2.71. The van der Waals surface area contributed by atoms with Crippen molar-refractivity contribution in [1.82, 2.24) is 14.4 Å². The summed E-state index contributed by atoms with van der Waals surface area (Å²) in [4.78, 5) is 30.7. The quantitative estimate of drug-likeness (QED) is 0.478. The predicted molar refractivity (Wildman–Crippen MR) is 133 cm³/mol. The van der Waals surface area contributed by atoms with Crippen molar-refractivity contribution in [2.45, 2.75) is 13.3 Å². The Morgan fingerprint density at radius 1 is 1.03 bits per heavy atom. The van der Waals surface area contributed by atoms with Crippen LogP contribution in [-0.2, 0) is 16.0 Å². The normalized spacial score (nSPS) is 14.9. The number of rotatable bonds is 7. The summed E-state index contributed by atoms with van der Waals surface area (Å²) in [6.45, 7) is 6.94. The second kappa shape index (κ2) is 10.6. The van der Waals surface area contributed by atoms with Crippen LogP contribution in [0.25, 0.3) is 10.9 Å². The third-order valence-electron chi connectivity index (χ3n) is 6.42. The minimum atomic E-state index is -0.307. The molecule has 0 spiro atoms. The molecule has 4 rings (SSSR count). The molecular weight excluding hydrogens is 454 g/mol. The topological polar surface area (TPSA) is 64.0 Å². The lowest BCUT2D eigenvalue weighted by Gasteiger charge is -2.32. The Balaban J connectivity index is 1.55. The summed E-state index contributed by atoms with van der Waals surface area (Å²) in [6.07, 6.45) is 0.0825. The molecule has 0 atom stereocenters. The van der Waals surface area contributed by atoms with Crippen molar-refractivity contribution in [3.8, 4) is 5.75 Å². The van der Waals surface area contributed by atoms with Crippen molar-refractivity contribution in [1.29, 1.82) is 0 Å². The van der Waals surface area contributed by atoms with Gasteiger partial charge in [0.2, 0.25) is 0 Å². The molecule has 2 aromatic carbocycles. The summed E-state index contributed by atoms with van der Waals surface area (Å²) in [5, 5.41) is 1.37. The van der Waals surface area contributed by atoms with E-state index in [1.807, 2.05) is 25.1 Å². The van der Waals surface area contributed by atoms with E-state index in [1.54, 1.807) is 35.9 Å². The highest BCUT2D eigenvalue weighted by atomic mass is 35.5. The Morgan fingerprint density at radius 3 is 2.41 bits per heavy atom. The molecule has 0 bridgehead atoms. The van der Waals surface area contributed by atoms with Gasteiger partial charge >= 0.3 is 5.97 Å². The van der Waals surface area contributed by atoms with Crippen LogP contribution < -0.4 is 4.74 Å². The number of fused-ring (bicyclic) bond motifs is 1. The molecule has 0 saturated carbocycles. The van der Waals surface area contributed by atoms with Crippen LogP contribution >= 0.6 is 11.6 Å². The highest BCUT2D eigenvalue weighted by Gasteiger charge is 2.23. The number of halogens is 1. The summed E-state index contributed by atoms with van der Waals surface area (Å²) in [6, 6.07) is 12.3. The average molecular weight is 484 g/mol. The van der Waals surface area contributed by atoms with Crippen LogP contribution in [0.4, 0.5) is 0 Å². The van der Waals surface area contributed by atoms with Crippen molar-refractivity contribution < 1.29 is 19.1 Å². The number of nitrogens with zero attached hydrogens (tertiary/aromatic N) is 3. The lowest BCUT2D eigenvalue weighted by molar-refractivity contribution is -0.143. The Morgan fingerprint density at radius 2 is 1.74 bits per heavy atom. The summed E-state index contributed by atoms with van der Waals surface area (Å²) in [7, 11) is 3.71. The first-order valence-electron chi connectivity index (χ1n) is 11.4. The molecule has 1 aromatic heterocycles. The summed E-state index contributed by atoms with van der Waals surface area (Å²) in [5.74, 6) is 0.172. The molecular formula is C26H30ClN3O4. The van der Waals surface area contributed by atoms with Crippen molar-refractivity contribution in [3.63, 3.8) is 0 Å². The van der Waals surface area contributed by atoms with Crippen LogP contribution in [0.15, 0.2) is 42.5 Å². The lowest BCUT2D eigenvalue weighted by Crippen LogP contribution is -2.45. The number of carbonyl (C=O) groups excluding carboxylic acids is 2. The fraction of sp³-hybridized carbons (Fsp3) is 0.385. The van der Waals surface area contributed by atoms with Crippen molar-refractivity contribution >= 4 is 34.4 Å². The van der Waals surface area contributed by atoms with Gasteiger partial charge in [-0.15, -0.1) is 0 Å². The van der Waals surface area contributed by atoms with Crippen LogP contribution in [0.3, 0.4) is 0 Å². The van der Waals surface area contributed by atoms with Gasteiger partial charge in [-0.05, 0) is 62.0 Å². The van der Waals surface area contributed by atoms with E-state index in [4.69, 9.17) is 21.1 Å². The number of ether oxygens (including phenoxy) is 2. The number of methoxy groups -OCH3 is 1. The number of hydrogen-bond donors (Lipinski definition) is 0. The molecule has 7 nitrogen and oxygen atoms in total. The highest BCUT2D eigenvalue weighted by molar-refractivity contribution is 6.30. The fourth-order valence-electron chi connectivity index (χ4n) is 4.35. The van der Waals surface area contributed by atoms with E-state index >= 15 is 0 Å². The van der Waals surface area contributed by atoms with E-state index in [9.17, 15) is 9.59 Å². The first-order valence-corrected chi connectivity index (χ1v) is 11.8. The van der Waals surface area contributed by atoms with Crippen LogP contribution in [-0.4, -0.2) is 79.7 Å². The molecule has 0 amide bonds. The number of piperazine rings is 1. The minimum Gasteiger partial charge on any atom is -0.497 e. The van der Waals surface area contributed by atoms with Gasteiger partial charge in [-0.3, -0.25) is 19.1 Å². The van der Waals surface area contributed by atoms with Gasteiger partial charge in [-0.1, -0.05) is 11.6 Å². The maximum Gasteiger partial charge on any atom is 0.310 e. The SMILES string of the molecule is COc1ccc2c(c1)c(CC(=O)OCCN1CCN(C)CC1)c(C)n2C(=O)c1ccc(Cl)cc1. The molecule has 0 unspecified atom stereocenters. The molecule has 1 aliphatic heterocycles. The van der Waals surface area contributed by atoms with Gasteiger partial charge in [-0.25, -0.2) is 0 Å². The number of carbonyl (C=O) groups is 2. The lowest BCUT2D eigenvalue weighted by atomic mass is 10.1. The van der Waals surface area contributed by atoms with E-state index in [0.717, 1.165) is 49.2 Å². The van der Waals surface area contributed by atoms with Crippen LogP contribution in [0.5, 0.6) is 5.75 Å². The Hall–Kier alpha value is -2.87. The molecule has 0 N–H and O–H groups in total. The monoisotopic (exact) mass is 483 g/mol. The molecule has 180 valence electrons.